The van der Waals surface area contributed by atoms with E-state index in [0.29, 0.717) is 31.1 Å². The first kappa shape index (κ1) is 21.5. The Kier molecular flexibility index (Phi) is 7.17. The van der Waals surface area contributed by atoms with Gasteiger partial charge in [0.15, 0.2) is 0 Å². The molecule has 1 fully saturated rings. The third-order valence-electron chi connectivity index (χ3n) is 5.44. The van der Waals surface area contributed by atoms with Crippen molar-refractivity contribution in [2.75, 3.05) is 32.6 Å². The summed E-state index contributed by atoms with van der Waals surface area (Å²) < 4.78 is 10.5. The van der Waals surface area contributed by atoms with Gasteiger partial charge < -0.3 is 24.6 Å². The molecule has 1 heterocycles. The highest BCUT2D eigenvalue weighted by Crippen LogP contribution is 2.23. The van der Waals surface area contributed by atoms with E-state index >= 15 is 0 Å². The fraction of sp³-hybridized carbons (Fsp3) is 0.391. The number of amides is 3. The number of rotatable bonds is 6. The van der Waals surface area contributed by atoms with Gasteiger partial charge in [0.2, 0.25) is 5.91 Å². The molecule has 160 valence electrons. The number of urea groups is 1. The van der Waals surface area contributed by atoms with Crippen molar-refractivity contribution in [2.24, 2.45) is 0 Å². The maximum Gasteiger partial charge on any atom is 0.322 e. The number of ether oxygens (including phenoxy) is 2. The molecule has 7 nitrogen and oxygen atoms in total. The highest BCUT2D eigenvalue weighted by Gasteiger charge is 2.29. The lowest BCUT2D eigenvalue weighted by molar-refractivity contribution is -0.130. The Labute approximate surface area is 177 Å². The first-order valence-corrected chi connectivity index (χ1v) is 10.1. The monoisotopic (exact) mass is 411 g/mol. The van der Waals surface area contributed by atoms with Crippen LogP contribution in [0.4, 0.5) is 10.5 Å². The third kappa shape index (κ3) is 5.43. The number of carbonyl (C=O) groups excluding carboxylic acids is 2. The van der Waals surface area contributed by atoms with E-state index in [-0.39, 0.29) is 18.0 Å². The molecule has 0 aliphatic carbocycles. The Hall–Kier alpha value is -3.22. The van der Waals surface area contributed by atoms with Crippen molar-refractivity contribution >= 4 is 17.6 Å². The minimum absolute atomic E-state index is 0.0494. The van der Waals surface area contributed by atoms with Crippen LogP contribution in [0.2, 0.25) is 0 Å². The van der Waals surface area contributed by atoms with Crippen LogP contribution in [0.3, 0.4) is 0 Å². The minimum Gasteiger partial charge on any atom is -0.497 e. The van der Waals surface area contributed by atoms with Gasteiger partial charge in [-0.2, -0.15) is 0 Å². The molecule has 2 aromatic carbocycles. The van der Waals surface area contributed by atoms with Gasteiger partial charge in [-0.05, 0) is 42.7 Å². The van der Waals surface area contributed by atoms with Crippen molar-refractivity contribution < 1.29 is 19.1 Å². The van der Waals surface area contributed by atoms with Crippen molar-refractivity contribution in [2.45, 2.75) is 32.4 Å². The Morgan fingerprint density at radius 2 is 1.70 bits per heavy atom. The van der Waals surface area contributed by atoms with Gasteiger partial charge in [0, 0.05) is 44.4 Å². The van der Waals surface area contributed by atoms with E-state index in [9.17, 15) is 9.59 Å². The van der Waals surface area contributed by atoms with E-state index in [1.54, 1.807) is 27.2 Å². The summed E-state index contributed by atoms with van der Waals surface area (Å²) >= 11 is 0. The lowest BCUT2D eigenvalue weighted by atomic mass is 10.0. The maximum absolute atomic E-state index is 13.2. The predicted molar refractivity (Wildman–Crippen MR) is 116 cm³/mol. The van der Waals surface area contributed by atoms with Gasteiger partial charge in [-0.15, -0.1) is 0 Å². The predicted octanol–water partition coefficient (Wildman–Crippen LogP) is 3.75. The minimum atomic E-state index is -0.166. The van der Waals surface area contributed by atoms with Crippen LogP contribution in [0, 0.1) is 0 Å². The van der Waals surface area contributed by atoms with Crippen molar-refractivity contribution in [1.82, 2.24) is 9.80 Å². The van der Waals surface area contributed by atoms with E-state index in [1.165, 1.54) is 0 Å². The quantitative estimate of drug-likeness (QED) is 0.786. The molecule has 0 radical (unpaired) electrons. The number of hydrogen-bond acceptors (Lipinski definition) is 4. The number of methoxy groups -OCH3 is 2. The van der Waals surface area contributed by atoms with Gasteiger partial charge in [0.25, 0.3) is 0 Å². The first-order valence-electron chi connectivity index (χ1n) is 10.1. The van der Waals surface area contributed by atoms with Crippen molar-refractivity contribution in [3.63, 3.8) is 0 Å². The summed E-state index contributed by atoms with van der Waals surface area (Å²) in [5.41, 5.74) is 1.70. The molecule has 1 aliphatic rings. The number of anilines is 1. The van der Waals surface area contributed by atoms with Gasteiger partial charge in [0.05, 0.1) is 14.2 Å². The first-order chi connectivity index (χ1) is 14.5. The molecule has 1 aliphatic heterocycles. The molecule has 3 amide bonds. The van der Waals surface area contributed by atoms with Crippen LogP contribution in [0.1, 0.15) is 25.3 Å². The molecule has 0 spiro atoms. The Balaban J connectivity index is 1.76. The van der Waals surface area contributed by atoms with Crippen molar-refractivity contribution in [3.05, 3.63) is 54.1 Å². The van der Waals surface area contributed by atoms with E-state index in [4.69, 9.17) is 9.47 Å². The molecule has 0 bridgehead atoms. The molecule has 0 atom stereocenters. The molecule has 0 unspecified atom stereocenters. The number of piperidine rings is 1. The van der Waals surface area contributed by atoms with Crippen LogP contribution in [-0.2, 0) is 11.3 Å². The molecule has 0 saturated carbocycles. The second-order valence-electron chi connectivity index (χ2n) is 7.38. The zero-order valence-corrected chi connectivity index (χ0v) is 17.8. The summed E-state index contributed by atoms with van der Waals surface area (Å²) in [6.07, 6.45) is 1.50. The average Bonchev–Trinajstić information content (AvgIpc) is 2.78. The van der Waals surface area contributed by atoms with Crippen LogP contribution in [0.25, 0.3) is 0 Å². The molecule has 1 N–H and O–H groups in total. The van der Waals surface area contributed by atoms with Crippen LogP contribution in [-0.4, -0.2) is 55.1 Å². The van der Waals surface area contributed by atoms with Gasteiger partial charge in [-0.3, -0.25) is 4.79 Å². The molecule has 7 heteroatoms. The zero-order chi connectivity index (χ0) is 21.5. The van der Waals surface area contributed by atoms with Crippen LogP contribution in [0.15, 0.2) is 48.5 Å². The number of likely N-dealkylation sites (tertiary alicyclic amines) is 1. The zero-order valence-electron chi connectivity index (χ0n) is 17.8. The van der Waals surface area contributed by atoms with Crippen molar-refractivity contribution in [1.29, 1.82) is 0 Å². The molecule has 3 rings (SSSR count). The normalized spacial score (nSPS) is 14.2. The number of nitrogens with zero attached hydrogens (tertiary/aromatic N) is 2. The molecule has 30 heavy (non-hydrogen) atoms. The average molecular weight is 412 g/mol. The van der Waals surface area contributed by atoms with Crippen LogP contribution >= 0.6 is 0 Å². The third-order valence-corrected chi connectivity index (χ3v) is 5.44. The Morgan fingerprint density at radius 1 is 1.03 bits per heavy atom. The lowest BCUT2D eigenvalue weighted by Gasteiger charge is -2.38. The van der Waals surface area contributed by atoms with Gasteiger partial charge >= 0.3 is 6.03 Å². The summed E-state index contributed by atoms with van der Waals surface area (Å²) in [6, 6.07) is 14.9. The van der Waals surface area contributed by atoms with Crippen LogP contribution < -0.4 is 14.8 Å². The molecule has 0 aromatic heterocycles. The molecular formula is C23H29N3O4. The van der Waals surface area contributed by atoms with E-state index in [2.05, 4.69) is 5.32 Å². The number of carbonyl (C=O) groups is 2. The van der Waals surface area contributed by atoms with E-state index < -0.39 is 0 Å². The maximum atomic E-state index is 13.2. The van der Waals surface area contributed by atoms with Crippen molar-refractivity contribution in [3.8, 4) is 11.5 Å². The van der Waals surface area contributed by atoms with E-state index in [1.807, 2.05) is 52.3 Å². The molecule has 2 aromatic rings. The smallest absolute Gasteiger partial charge is 0.322 e. The SMILES string of the molecule is COc1ccc(CN(C(=O)Nc2cccc(OC)c2)C2CCN(C(C)=O)CC2)cc1. The second kappa shape index (κ2) is 10.0. The highest BCUT2D eigenvalue weighted by molar-refractivity contribution is 5.89. The number of hydrogen-bond donors (Lipinski definition) is 1. The summed E-state index contributed by atoms with van der Waals surface area (Å²) in [6.45, 7) is 3.38. The van der Waals surface area contributed by atoms with Crippen LogP contribution in [0.5, 0.6) is 11.5 Å². The summed E-state index contributed by atoms with van der Waals surface area (Å²) in [7, 11) is 3.23. The Bertz CT molecular complexity index is 861. The number of benzene rings is 2. The summed E-state index contributed by atoms with van der Waals surface area (Å²) in [4.78, 5) is 28.6. The van der Waals surface area contributed by atoms with E-state index in [0.717, 1.165) is 24.2 Å². The largest absolute Gasteiger partial charge is 0.497 e. The summed E-state index contributed by atoms with van der Waals surface area (Å²) in [5.74, 6) is 1.54. The summed E-state index contributed by atoms with van der Waals surface area (Å²) in [5, 5.41) is 2.99. The van der Waals surface area contributed by atoms with Gasteiger partial charge in [-0.25, -0.2) is 4.79 Å². The lowest BCUT2D eigenvalue weighted by Crippen LogP contribution is -2.49. The standard InChI is InChI=1S/C23H29N3O4/c1-17(27)25-13-11-20(12-14-25)26(16-18-7-9-21(29-2)10-8-18)23(28)24-19-5-4-6-22(15-19)30-3/h4-10,15,20H,11-14,16H2,1-3H3,(H,24,28). The second-order valence-corrected chi connectivity index (χ2v) is 7.38. The number of nitrogens with one attached hydrogen (secondary N) is 1. The Morgan fingerprint density at radius 3 is 2.30 bits per heavy atom. The highest BCUT2D eigenvalue weighted by atomic mass is 16.5. The topological polar surface area (TPSA) is 71.1 Å². The fourth-order valence-electron chi connectivity index (χ4n) is 3.68. The molecular weight excluding hydrogens is 382 g/mol. The fourth-order valence-corrected chi connectivity index (χ4v) is 3.68. The molecule has 1 saturated heterocycles. The van der Waals surface area contributed by atoms with Gasteiger partial charge in [-0.1, -0.05) is 18.2 Å². The van der Waals surface area contributed by atoms with Gasteiger partial charge in [0.1, 0.15) is 11.5 Å².